The Morgan fingerprint density at radius 2 is 2.12 bits per heavy atom. The Balaban J connectivity index is 1.55. The average Bonchev–Trinajstić information content (AvgIpc) is 3.56. The van der Waals surface area contributed by atoms with Crippen LogP contribution in [0, 0.1) is 0 Å². The fourth-order valence-electron chi connectivity index (χ4n) is 3.01. The number of benzene rings is 1. The molecular weight excluding hydrogens is 462 g/mol. The first-order valence-corrected chi connectivity index (χ1v) is 10.9. The van der Waals surface area contributed by atoms with Crippen LogP contribution in [-0.4, -0.2) is 58.8 Å². The van der Waals surface area contributed by atoms with E-state index in [1.807, 2.05) is 31.3 Å². The van der Waals surface area contributed by atoms with Gasteiger partial charge >= 0.3 is 0 Å². The van der Waals surface area contributed by atoms with E-state index in [1.165, 1.54) is 16.4 Å². The fraction of sp³-hybridized carbons (Fsp3) is 0.263. The second kappa shape index (κ2) is 10.1. The van der Waals surface area contributed by atoms with Crippen molar-refractivity contribution in [1.29, 1.82) is 0 Å². The van der Waals surface area contributed by atoms with E-state index in [9.17, 15) is 4.79 Å². The van der Waals surface area contributed by atoms with Gasteiger partial charge in [-0.3, -0.25) is 4.79 Å². The van der Waals surface area contributed by atoms with E-state index in [1.54, 1.807) is 24.9 Å². The Kier molecular flexibility index (Phi) is 6.82. The van der Waals surface area contributed by atoms with Gasteiger partial charge in [0, 0.05) is 24.9 Å². The van der Waals surface area contributed by atoms with E-state index in [2.05, 4.69) is 46.0 Å². The summed E-state index contributed by atoms with van der Waals surface area (Å²) in [6, 6.07) is 7.60. The van der Waals surface area contributed by atoms with Gasteiger partial charge in [-0.05, 0) is 28.9 Å². The van der Waals surface area contributed by atoms with Gasteiger partial charge in [0.05, 0.1) is 12.8 Å². The molecule has 0 saturated carbocycles. The third-order valence-corrected chi connectivity index (χ3v) is 5.72. The van der Waals surface area contributed by atoms with Crippen LogP contribution in [0.3, 0.4) is 0 Å². The van der Waals surface area contributed by atoms with Crippen LogP contribution in [0.25, 0.3) is 5.82 Å². The predicted octanol–water partition coefficient (Wildman–Crippen LogP) is 1.01. The largest absolute Gasteiger partial charge is 0.496 e. The maximum atomic E-state index is 12.9. The highest BCUT2D eigenvalue weighted by atomic mass is 32.2. The normalized spacial score (nSPS) is 11.6. The van der Waals surface area contributed by atoms with Gasteiger partial charge in [-0.25, -0.2) is 10.1 Å². The number of aryl methyl sites for hydroxylation is 1. The van der Waals surface area contributed by atoms with Gasteiger partial charge < -0.3 is 15.0 Å². The van der Waals surface area contributed by atoms with Gasteiger partial charge in [-0.15, -0.1) is 15.3 Å². The quantitative estimate of drug-likeness (QED) is 0.197. The summed E-state index contributed by atoms with van der Waals surface area (Å²) in [7, 11) is 3.42. The lowest BCUT2D eigenvalue weighted by atomic mass is 10.1. The number of carbonyl (C=O) groups is 1. The molecule has 4 rings (SSSR count). The molecule has 14 nitrogen and oxygen atoms in total. The molecule has 34 heavy (non-hydrogen) atoms. The summed E-state index contributed by atoms with van der Waals surface area (Å²) in [4.78, 5) is 12.9. The Bertz CT molecular complexity index is 1330. The second-order valence-electron chi connectivity index (χ2n) is 7.06. The molecule has 0 spiro atoms. The molecule has 15 heteroatoms. The number of ether oxygens (including phenoxy) is 1. The van der Waals surface area contributed by atoms with Crippen molar-refractivity contribution >= 4 is 29.2 Å². The molecule has 3 aromatic heterocycles. The molecule has 3 N–H and O–H groups in total. The van der Waals surface area contributed by atoms with Crippen LogP contribution in [0.1, 0.15) is 28.7 Å². The summed E-state index contributed by atoms with van der Waals surface area (Å²) in [5, 5.41) is 28.1. The number of rotatable bonds is 9. The molecule has 0 bridgehead atoms. The zero-order chi connectivity index (χ0) is 24.1. The Hall–Kier alpha value is -4.27. The van der Waals surface area contributed by atoms with E-state index in [0.717, 1.165) is 11.3 Å². The number of hydrogen-bond donors (Lipinski definition) is 2. The molecule has 0 radical (unpaired) electrons. The smallest absolute Gasteiger partial charge is 0.293 e. The fourth-order valence-corrected chi connectivity index (χ4v) is 3.90. The van der Waals surface area contributed by atoms with Gasteiger partial charge in [-0.2, -0.15) is 9.78 Å². The third-order valence-electron chi connectivity index (χ3n) is 4.67. The van der Waals surface area contributed by atoms with Crippen molar-refractivity contribution in [3.63, 3.8) is 0 Å². The van der Waals surface area contributed by atoms with Crippen molar-refractivity contribution in [2.45, 2.75) is 24.3 Å². The lowest BCUT2D eigenvalue weighted by Gasteiger charge is -2.08. The molecule has 4 aromatic rings. The Morgan fingerprint density at radius 3 is 2.82 bits per heavy atom. The van der Waals surface area contributed by atoms with E-state index < -0.39 is 5.91 Å². The summed E-state index contributed by atoms with van der Waals surface area (Å²) in [5.74, 6) is 0.587. The summed E-state index contributed by atoms with van der Waals surface area (Å²) < 4.78 is 13.1. The SMILES string of the molecule is COc1ccccc1C/C(C)=N/NC(=O)c1nnn(-c2nonc2N)c1CSc1nncn1C. The lowest BCUT2D eigenvalue weighted by Crippen LogP contribution is -2.22. The number of hydrazone groups is 1. The molecule has 3 heterocycles. The summed E-state index contributed by atoms with van der Waals surface area (Å²) in [6.07, 6.45) is 2.07. The number of nitrogens with zero attached hydrogens (tertiary/aromatic N) is 9. The van der Waals surface area contributed by atoms with E-state index >= 15 is 0 Å². The van der Waals surface area contributed by atoms with Crippen LogP contribution < -0.4 is 15.9 Å². The average molecular weight is 484 g/mol. The number of para-hydroxylation sites is 1. The van der Waals surface area contributed by atoms with Gasteiger partial charge in [0.2, 0.25) is 11.6 Å². The van der Waals surface area contributed by atoms with Crippen molar-refractivity contribution < 1.29 is 14.2 Å². The minimum absolute atomic E-state index is 0.00689. The summed E-state index contributed by atoms with van der Waals surface area (Å²) >= 11 is 1.33. The van der Waals surface area contributed by atoms with Crippen molar-refractivity contribution in [3.05, 3.63) is 47.5 Å². The van der Waals surface area contributed by atoms with E-state index in [4.69, 9.17) is 10.5 Å². The van der Waals surface area contributed by atoms with Crippen LogP contribution in [0.15, 0.2) is 45.5 Å². The Morgan fingerprint density at radius 1 is 1.29 bits per heavy atom. The van der Waals surface area contributed by atoms with Crippen LogP contribution in [0.5, 0.6) is 5.75 Å². The van der Waals surface area contributed by atoms with Crippen molar-refractivity contribution in [1.82, 2.24) is 45.5 Å². The first-order valence-electron chi connectivity index (χ1n) is 9.93. The minimum Gasteiger partial charge on any atom is -0.496 e. The number of hydrogen-bond acceptors (Lipinski definition) is 12. The van der Waals surface area contributed by atoms with E-state index in [0.29, 0.717) is 23.0 Å². The molecule has 0 unspecified atom stereocenters. The zero-order valence-corrected chi connectivity index (χ0v) is 19.4. The molecule has 1 aromatic carbocycles. The minimum atomic E-state index is -0.547. The number of carbonyl (C=O) groups excluding carboxylic acids is 1. The number of nitrogens with two attached hydrogens (primary N) is 1. The second-order valence-corrected chi connectivity index (χ2v) is 8.00. The van der Waals surface area contributed by atoms with Gasteiger partial charge in [-0.1, -0.05) is 35.2 Å². The topological polar surface area (TPSA) is 177 Å². The number of anilines is 1. The first-order chi connectivity index (χ1) is 16.5. The van der Waals surface area contributed by atoms with Gasteiger partial charge in [0.1, 0.15) is 12.1 Å². The van der Waals surface area contributed by atoms with Crippen LogP contribution in [0.4, 0.5) is 5.82 Å². The molecule has 0 aliphatic rings. The zero-order valence-electron chi connectivity index (χ0n) is 18.5. The molecule has 0 saturated heterocycles. The highest BCUT2D eigenvalue weighted by Gasteiger charge is 2.24. The van der Waals surface area contributed by atoms with Crippen LogP contribution in [-0.2, 0) is 19.2 Å². The van der Waals surface area contributed by atoms with E-state index in [-0.39, 0.29) is 23.1 Å². The highest BCUT2D eigenvalue weighted by molar-refractivity contribution is 7.98. The van der Waals surface area contributed by atoms with Crippen LogP contribution in [0.2, 0.25) is 0 Å². The summed E-state index contributed by atoms with van der Waals surface area (Å²) in [6.45, 7) is 1.80. The van der Waals surface area contributed by atoms with Crippen molar-refractivity contribution in [3.8, 4) is 11.6 Å². The number of nitrogen functional groups attached to an aromatic ring is 1. The Labute approximate surface area is 197 Å². The number of thioether (sulfide) groups is 1. The standard InChI is InChI=1S/C19H21N11O3S/c1-11(8-12-6-4-5-7-14(12)32-3)22-24-18(31)15-13(9-34-19-25-21-10-29(19)2)30(28-23-15)17-16(20)26-33-27-17/h4-7,10H,8-9H2,1-3H3,(H2,20,26)(H,24,31)/b22-11+. The van der Waals surface area contributed by atoms with Gasteiger partial charge in [0.25, 0.3) is 5.91 Å². The molecule has 176 valence electrons. The first kappa shape index (κ1) is 22.9. The molecule has 1 amide bonds. The number of aromatic nitrogens is 8. The number of amides is 1. The van der Waals surface area contributed by atoms with Crippen LogP contribution >= 0.6 is 11.8 Å². The summed E-state index contributed by atoms with van der Waals surface area (Å²) in [5.41, 5.74) is 10.4. The number of methoxy groups -OCH3 is 1. The molecule has 0 aliphatic carbocycles. The van der Waals surface area contributed by atoms with Crippen molar-refractivity contribution in [2.75, 3.05) is 12.8 Å². The maximum Gasteiger partial charge on any atom is 0.293 e. The van der Waals surface area contributed by atoms with Gasteiger partial charge in [0.15, 0.2) is 10.9 Å². The monoisotopic (exact) mass is 483 g/mol. The predicted molar refractivity (Wildman–Crippen MR) is 121 cm³/mol. The molecule has 0 aliphatic heterocycles. The number of nitrogens with one attached hydrogen (secondary N) is 1. The highest BCUT2D eigenvalue weighted by Crippen LogP contribution is 2.24. The maximum absolute atomic E-state index is 12.9. The molecule has 0 atom stereocenters. The third kappa shape index (κ3) is 4.88. The molecule has 0 fully saturated rings. The molecular formula is C19H21N11O3S. The lowest BCUT2D eigenvalue weighted by molar-refractivity contribution is 0.0949. The van der Waals surface area contributed by atoms with Crippen molar-refractivity contribution in [2.24, 2.45) is 12.1 Å².